The molecule has 110 valence electrons. The average Bonchev–Trinajstić information content (AvgIpc) is 3.20. The van der Waals surface area contributed by atoms with E-state index in [-0.39, 0.29) is 19.1 Å². The molecule has 0 aliphatic heterocycles. The van der Waals surface area contributed by atoms with Gasteiger partial charge in [-0.2, -0.15) is 0 Å². The van der Waals surface area contributed by atoms with E-state index < -0.39 is 6.10 Å². The molecule has 4 nitrogen and oxygen atoms in total. The van der Waals surface area contributed by atoms with E-state index in [2.05, 4.69) is 5.32 Å². The highest BCUT2D eigenvalue weighted by Crippen LogP contribution is 2.28. The molecule has 20 heavy (non-hydrogen) atoms. The van der Waals surface area contributed by atoms with Crippen LogP contribution < -0.4 is 5.32 Å². The molecular weight excluding hydrogens is 254 g/mol. The fourth-order valence-corrected chi connectivity index (χ4v) is 2.19. The number of carbonyl (C=O) groups is 1. The Morgan fingerprint density at radius 1 is 1.40 bits per heavy atom. The third kappa shape index (κ3) is 4.32. The minimum absolute atomic E-state index is 0.137. The van der Waals surface area contributed by atoms with Crippen LogP contribution in [0.4, 0.5) is 0 Å². The van der Waals surface area contributed by atoms with E-state index in [1.54, 1.807) is 0 Å². The number of amides is 1. The van der Waals surface area contributed by atoms with Crippen molar-refractivity contribution in [2.24, 2.45) is 5.92 Å². The number of carbonyl (C=O) groups excluding carboxylic acids is 1. The fourth-order valence-electron chi connectivity index (χ4n) is 2.19. The van der Waals surface area contributed by atoms with E-state index in [0.717, 1.165) is 17.7 Å². The molecule has 1 atom stereocenters. The highest BCUT2D eigenvalue weighted by atomic mass is 16.5. The van der Waals surface area contributed by atoms with Gasteiger partial charge < -0.3 is 15.2 Å². The topological polar surface area (TPSA) is 58.6 Å². The largest absolute Gasteiger partial charge is 0.389 e. The van der Waals surface area contributed by atoms with Gasteiger partial charge in [0, 0.05) is 18.7 Å². The van der Waals surface area contributed by atoms with Crippen LogP contribution in [0, 0.1) is 19.8 Å². The predicted molar refractivity (Wildman–Crippen MR) is 77.8 cm³/mol. The van der Waals surface area contributed by atoms with Gasteiger partial charge in [-0.1, -0.05) is 18.2 Å². The lowest BCUT2D eigenvalue weighted by atomic mass is 10.0. The minimum atomic E-state index is -0.651. The van der Waals surface area contributed by atoms with E-state index in [4.69, 9.17) is 4.74 Å². The van der Waals surface area contributed by atoms with E-state index in [1.807, 2.05) is 32.0 Å². The van der Waals surface area contributed by atoms with Crippen LogP contribution in [0.25, 0.3) is 0 Å². The second-order valence-corrected chi connectivity index (χ2v) is 5.61. The lowest BCUT2D eigenvalue weighted by Gasteiger charge is -2.14. The molecule has 0 radical (unpaired) electrons. The Hall–Kier alpha value is -1.39. The first-order valence-electron chi connectivity index (χ1n) is 7.18. The number of nitrogens with one attached hydrogen (secondary N) is 1. The van der Waals surface area contributed by atoms with E-state index in [1.165, 1.54) is 12.8 Å². The van der Waals surface area contributed by atoms with Gasteiger partial charge in [0.1, 0.15) is 0 Å². The molecule has 0 bridgehead atoms. The molecule has 1 fully saturated rings. The Labute approximate surface area is 120 Å². The maximum atomic E-state index is 12.1. The number of aliphatic hydroxyl groups is 1. The number of hydrogen-bond acceptors (Lipinski definition) is 3. The highest BCUT2D eigenvalue weighted by molar-refractivity contribution is 5.97. The van der Waals surface area contributed by atoms with Gasteiger partial charge in [-0.15, -0.1) is 0 Å². The summed E-state index contributed by atoms with van der Waals surface area (Å²) in [6.07, 6.45) is 1.82. The van der Waals surface area contributed by atoms with Crippen molar-refractivity contribution in [3.63, 3.8) is 0 Å². The quantitative estimate of drug-likeness (QED) is 0.799. The number of benzene rings is 1. The van der Waals surface area contributed by atoms with Gasteiger partial charge in [-0.25, -0.2) is 0 Å². The van der Waals surface area contributed by atoms with E-state index in [0.29, 0.717) is 11.5 Å². The van der Waals surface area contributed by atoms with Crippen LogP contribution in [0.3, 0.4) is 0 Å². The van der Waals surface area contributed by atoms with Gasteiger partial charge >= 0.3 is 0 Å². The fraction of sp³-hybridized carbons (Fsp3) is 0.562. The standard InChI is InChI=1S/C16H23NO3/c1-11-4-3-5-12(2)15(11)16(19)17-8-14(18)10-20-9-13-6-7-13/h3-5,13-14,18H,6-10H2,1-2H3,(H,17,19). The summed E-state index contributed by atoms with van der Waals surface area (Å²) < 4.78 is 5.40. The molecule has 1 saturated carbocycles. The van der Waals surface area contributed by atoms with Crippen molar-refractivity contribution >= 4 is 5.91 Å². The Morgan fingerprint density at radius 3 is 2.65 bits per heavy atom. The predicted octanol–water partition coefficient (Wildman–Crippen LogP) is 1.82. The van der Waals surface area contributed by atoms with Gasteiger partial charge in [0.2, 0.25) is 0 Å². The van der Waals surface area contributed by atoms with Crippen molar-refractivity contribution in [3.05, 3.63) is 34.9 Å². The summed E-state index contributed by atoms with van der Waals surface area (Å²) in [7, 11) is 0. The highest BCUT2D eigenvalue weighted by Gasteiger charge is 2.21. The molecule has 0 saturated heterocycles. The van der Waals surface area contributed by atoms with Crippen molar-refractivity contribution in [1.82, 2.24) is 5.32 Å². The molecule has 2 N–H and O–H groups in total. The first-order valence-corrected chi connectivity index (χ1v) is 7.18. The molecule has 2 rings (SSSR count). The zero-order valence-electron chi connectivity index (χ0n) is 12.2. The van der Waals surface area contributed by atoms with Gasteiger partial charge in [0.05, 0.1) is 12.7 Å². The van der Waals surface area contributed by atoms with Crippen molar-refractivity contribution in [2.75, 3.05) is 19.8 Å². The Kier molecular flexibility index (Phi) is 5.15. The van der Waals surface area contributed by atoms with Crippen molar-refractivity contribution in [3.8, 4) is 0 Å². The molecule has 1 aliphatic carbocycles. The summed E-state index contributed by atoms with van der Waals surface area (Å²) in [6, 6.07) is 5.76. The van der Waals surface area contributed by atoms with Crippen molar-refractivity contribution < 1.29 is 14.6 Å². The van der Waals surface area contributed by atoms with Gasteiger partial charge in [-0.05, 0) is 43.7 Å². The first-order chi connectivity index (χ1) is 9.58. The van der Waals surface area contributed by atoms with Crippen LogP contribution in [0.1, 0.15) is 34.3 Å². The molecule has 0 spiro atoms. The third-order valence-electron chi connectivity index (χ3n) is 3.57. The van der Waals surface area contributed by atoms with Crippen LogP contribution in [0.2, 0.25) is 0 Å². The lowest BCUT2D eigenvalue weighted by Crippen LogP contribution is -2.35. The third-order valence-corrected chi connectivity index (χ3v) is 3.57. The minimum Gasteiger partial charge on any atom is -0.389 e. The van der Waals surface area contributed by atoms with Crippen molar-refractivity contribution in [2.45, 2.75) is 32.8 Å². The molecule has 0 heterocycles. The summed E-state index contributed by atoms with van der Waals surface area (Å²) in [6.45, 7) is 5.05. The smallest absolute Gasteiger partial charge is 0.251 e. The summed E-state index contributed by atoms with van der Waals surface area (Å²) in [4.78, 5) is 12.1. The number of aryl methyl sites for hydroxylation is 2. The Morgan fingerprint density at radius 2 is 2.05 bits per heavy atom. The normalized spacial score (nSPS) is 15.9. The molecule has 1 aliphatic rings. The SMILES string of the molecule is Cc1cccc(C)c1C(=O)NCC(O)COCC1CC1. The maximum Gasteiger partial charge on any atom is 0.251 e. The van der Waals surface area contributed by atoms with Crippen LogP contribution in [0.5, 0.6) is 0 Å². The lowest BCUT2D eigenvalue weighted by molar-refractivity contribution is 0.0320. The van der Waals surface area contributed by atoms with Crippen LogP contribution in [-0.2, 0) is 4.74 Å². The number of hydrogen-bond donors (Lipinski definition) is 2. The average molecular weight is 277 g/mol. The van der Waals surface area contributed by atoms with Crippen LogP contribution in [0.15, 0.2) is 18.2 Å². The van der Waals surface area contributed by atoms with E-state index in [9.17, 15) is 9.90 Å². The Bertz CT molecular complexity index is 449. The summed E-state index contributed by atoms with van der Waals surface area (Å²) in [5.41, 5.74) is 2.59. The molecule has 1 aromatic carbocycles. The monoisotopic (exact) mass is 277 g/mol. The van der Waals surface area contributed by atoms with Gasteiger partial charge in [0.15, 0.2) is 0 Å². The summed E-state index contributed by atoms with van der Waals surface area (Å²) in [5, 5.41) is 12.5. The number of rotatable bonds is 7. The zero-order valence-corrected chi connectivity index (χ0v) is 12.2. The van der Waals surface area contributed by atoms with Crippen LogP contribution >= 0.6 is 0 Å². The molecule has 1 unspecified atom stereocenters. The second-order valence-electron chi connectivity index (χ2n) is 5.61. The number of aliphatic hydroxyl groups excluding tert-OH is 1. The molecular formula is C16H23NO3. The number of ether oxygens (including phenoxy) is 1. The molecule has 1 aromatic rings. The van der Waals surface area contributed by atoms with Gasteiger partial charge in [-0.3, -0.25) is 4.79 Å². The Balaban J connectivity index is 1.76. The molecule has 4 heteroatoms. The maximum absolute atomic E-state index is 12.1. The van der Waals surface area contributed by atoms with Crippen LogP contribution in [-0.4, -0.2) is 36.9 Å². The van der Waals surface area contributed by atoms with E-state index >= 15 is 0 Å². The zero-order chi connectivity index (χ0) is 14.5. The summed E-state index contributed by atoms with van der Waals surface area (Å²) >= 11 is 0. The second kappa shape index (κ2) is 6.86. The molecule has 1 amide bonds. The first kappa shape index (κ1) is 15.0. The van der Waals surface area contributed by atoms with Crippen molar-refractivity contribution in [1.29, 1.82) is 0 Å². The summed E-state index contributed by atoms with van der Waals surface area (Å²) in [5.74, 6) is 0.549. The van der Waals surface area contributed by atoms with Gasteiger partial charge in [0.25, 0.3) is 5.91 Å². The molecule has 0 aromatic heterocycles.